The summed E-state index contributed by atoms with van der Waals surface area (Å²) < 4.78 is 13.3. The number of benzene rings is 2. The first-order chi connectivity index (χ1) is 8.95. The van der Waals surface area contributed by atoms with E-state index < -0.39 is 10.8 Å². The Kier molecular flexibility index (Phi) is 4.42. The van der Waals surface area contributed by atoms with Gasteiger partial charge in [-0.15, -0.1) is 0 Å². The van der Waals surface area contributed by atoms with Gasteiger partial charge in [0.1, 0.15) is 0 Å². The van der Waals surface area contributed by atoms with Gasteiger partial charge in [0, 0.05) is 10.2 Å². The Balaban J connectivity index is 2.28. The van der Waals surface area contributed by atoms with Crippen molar-refractivity contribution >= 4 is 32.4 Å². The second kappa shape index (κ2) is 5.88. The standard InChI is InChI=1S/C15H16BrNOS/c1-10-5-11(2)7-12(6-10)9-19(18)15-8-13(16)3-4-14(15)17/h3-8H,9,17H2,1-2H3. The van der Waals surface area contributed by atoms with Crippen LogP contribution in [0.25, 0.3) is 0 Å². The van der Waals surface area contributed by atoms with Crippen molar-refractivity contribution in [2.75, 3.05) is 5.73 Å². The molecule has 2 N–H and O–H groups in total. The number of aryl methyl sites for hydroxylation is 2. The summed E-state index contributed by atoms with van der Waals surface area (Å²) in [5.41, 5.74) is 9.92. The average molecular weight is 338 g/mol. The highest BCUT2D eigenvalue weighted by atomic mass is 79.9. The van der Waals surface area contributed by atoms with Crippen LogP contribution in [0.15, 0.2) is 45.8 Å². The second-order valence-corrected chi connectivity index (χ2v) is 7.00. The van der Waals surface area contributed by atoms with Crippen LogP contribution in [0.2, 0.25) is 0 Å². The van der Waals surface area contributed by atoms with Crippen molar-refractivity contribution in [1.82, 2.24) is 0 Å². The number of anilines is 1. The highest BCUT2D eigenvalue weighted by Crippen LogP contribution is 2.24. The van der Waals surface area contributed by atoms with Crippen molar-refractivity contribution in [2.24, 2.45) is 0 Å². The number of hydrogen-bond acceptors (Lipinski definition) is 2. The molecule has 0 heterocycles. The van der Waals surface area contributed by atoms with E-state index in [2.05, 4.69) is 34.1 Å². The van der Waals surface area contributed by atoms with Gasteiger partial charge in [0.15, 0.2) is 0 Å². The van der Waals surface area contributed by atoms with Gasteiger partial charge in [-0.05, 0) is 37.6 Å². The SMILES string of the molecule is Cc1cc(C)cc(CS(=O)c2cc(Br)ccc2N)c1. The molecule has 0 bridgehead atoms. The molecule has 4 heteroatoms. The smallest absolute Gasteiger partial charge is 0.0632 e. The third kappa shape index (κ3) is 3.67. The van der Waals surface area contributed by atoms with Gasteiger partial charge >= 0.3 is 0 Å². The second-order valence-electron chi connectivity index (χ2n) is 4.67. The molecule has 0 aliphatic carbocycles. The first kappa shape index (κ1) is 14.3. The highest BCUT2D eigenvalue weighted by Gasteiger charge is 2.10. The minimum absolute atomic E-state index is 0.489. The molecule has 0 amide bonds. The molecule has 0 aliphatic heterocycles. The number of halogens is 1. The van der Waals surface area contributed by atoms with E-state index in [0.717, 1.165) is 10.0 Å². The van der Waals surface area contributed by atoms with Crippen LogP contribution >= 0.6 is 15.9 Å². The maximum Gasteiger partial charge on any atom is 0.0632 e. The molecule has 1 unspecified atom stereocenters. The molecular weight excluding hydrogens is 322 g/mol. The quantitative estimate of drug-likeness (QED) is 0.861. The molecule has 2 aromatic carbocycles. The highest BCUT2D eigenvalue weighted by molar-refractivity contribution is 9.10. The van der Waals surface area contributed by atoms with Gasteiger partial charge in [0.25, 0.3) is 0 Å². The predicted molar refractivity (Wildman–Crippen MR) is 84.6 cm³/mol. The fourth-order valence-corrected chi connectivity index (χ4v) is 3.81. The van der Waals surface area contributed by atoms with Crippen LogP contribution in [0.5, 0.6) is 0 Å². The number of hydrogen-bond donors (Lipinski definition) is 1. The predicted octanol–water partition coefficient (Wildman–Crippen LogP) is 3.96. The van der Waals surface area contributed by atoms with Gasteiger partial charge in [-0.1, -0.05) is 45.3 Å². The molecule has 19 heavy (non-hydrogen) atoms. The molecule has 2 aromatic rings. The fourth-order valence-electron chi connectivity index (χ4n) is 2.09. The molecule has 0 spiro atoms. The van der Waals surface area contributed by atoms with E-state index in [4.69, 9.17) is 5.73 Å². The van der Waals surface area contributed by atoms with Gasteiger partial charge in [-0.2, -0.15) is 0 Å². The van der Waals surface area contributed by atoms with Gasteiger partial charge in [0.05, 0.1) is 21.4 Å². The molecule has 100 valence electrons. The number of rotatable bonds is 3. The van der Waals surface area contributed by atoms with E-state index in [-0.39, 0.29) is 0 Å². The Morgan fingerprint density at radius 3 is 2.37 bits per heavy atom. The summed E-state index contributed by atoms with van der Waals surface area (Å²) in [6.45, 7) is 4.10. The molecule has 1 atom stereocenters. The first-order valence-corrected chi connectivity index (χ1v) is 8.07. The van der Waals surface area contributed by atoms with Gasteiger partial charge in [-0.25, -0.2) is 0 Å². The van der Waals surface area contributed by atoms with Crippen LogP contribution in [-0.2, 0) is 16.6 Å². The van der Waals surface area contributed by atoms with E-state index in [1.807, 2.05) is 26.0 Å². The fraction of sp³-hybridized carbons (Fsp3) is 0.200. The summed E-state index contributed by atoms with van der Waals surface area (Å²) in [7, 11) is -1.13. The van der Waals surface area contributed by atoms with E-state index in [0.29, 0.717) is 16.3 Å². The Hall–Kier alpha value is -1.13. The minimum Gasteiger partial charge on any atom is -0.398 e. The third-order valence-corrected chi connectivity index (χ3v) is 4.73. The van der Waals surface area contributed by atoms with Crippen LogP contribution in [-0.4, -0.2) is 4.21 Å². The first-order valence-electron chi connectivity index (χ1n) is 5.96. The van der Waals surface area contributed by atoms with E-state index in [1.54, 1.807) is 6.07 Å². The number of nitrogen functional groups attached to an aromatic ring is 1. The zero-order chi connectivity index (χ0) is 14.0. The molecule has 0 radical (unpaired) electrons. The normalized spacial score (nSPS) is 12.4. The third-order valence-electron chi connectivity index (χ3n) is 2.80. The Morgan fingerprint density at radius 1 is 1.11 bits per heavy atom. The maximum atomic E-state index is 12.4. The molecule has 0 saturated heterocycles. The molecule has 0 aromatic heterocycles. The Morgan fingerprint density at radius 2 is 1.74 bits per heavy atom. The topological polar surface area (TPSA) is 43.1 Å². The van der Waals surface area contributed by atoms with Crippen LogP contribution in [0.1, 0.15) is 16.7 Å². The van der Waals surface area contributed by atoms with Crippen molar-refractivity contribution in [3.63, 3.8) is 0 Å². The van der Waals surface area contributed by atoms with Crippen molar-refractivity contribution < 1.29 is 4.21 Å². The van der Waals surface area contributed by atoms with Crippen molar-refractivity contribution in [3.05, 3.63) is 57.6 Å². The monoisotopic (exact) mass is 337 g/mol. The summed E-state index contributed by atoms with van der Waals surface area (Å²) in [4.78, 5) is 0.688. The zero-order valence-corrected chi connectivity index (χ0v) is 13.3. The number of nitrogens with two attached hydrogens (primary N) is 1. The lowest BCUT2D eigenvalue weighted by Crippen LogP contribution is -2.01. The Bertz CT molecular complexity index is 620. The minimum atomic E-state index is -1.13. The van der Waals surface area contributed by atoms with E-state index in [9.17, 15) is 4.21 Å². The van der Waals surface area contributed by atoms with Crippen LogP contribution in [0.3, 0.4) is 0 Å². The average Bonchev–Trinajstić information content (AvgIpc) is 2.30. The molecule has 0 aliphatic rings. The molecular formula is C15H16BrNOS. The largest absolute Gasteiger partial charge is 0.398 e. The van der Waals surface area contributed by atoms with Crippen molar-refractivity contribution in [1.29, 1.82) is 0 Å². The lowest BCUT2D eigenvalue weighted by molar-refractivity contribution is 0.683. The van der Waals surface area contributed by atoms with Crippen LogP contribution < -0.4 is 5.73 Å². The zero-order valence-electron chi connectivity index (χ0n) is 10.9. The summed E-state index contributed by atoms with van der Waals surface area (Å²) in [6, 6.07) is 11.7. The van der Waals surface area contributed by atoms with Crippen LogP contribution in [0, 0.1) is 13.8 Å². The van der Waals surface area contributed by atoms with E-state index >= 15 is 0 Å². The van der Waals surface area contributed by atoms with Gasteiger partial charge in [-0.3, -0.25) is 4.21 Å². The summed E-state index contributed by atoms with van der Waals surface area (Å²) in [5.74, 6) is 0.489. The Labute approximate surface area is 124 Å². The van der Waals surface area contributed by atoms with Gasteiger partial charge < -0.3 is 5.73 Å². The molecule has 2 rings (SSSR count). The lowest BCUT2D eigenvalue weighted by Gasteiger charge is -2.08. The van der Waals surface area contributed by atoms with E-state index in [1.165, 1.54) is 11.1 Å². The molecule has 0 fully saturated rings. The summed E-state index contributed by atoms with van der Waals surface area (Å²) in [6.07, 6.45) is 0. The molecule has 0 saturated carbocycles. The molecule has 2 nitrogen and oxygen atoms in total. The van der Waals surface area contributed by atoms with Gasteiger partial charge in [0.2, 0.25) is 0 Å². The van der Waals surface area contributed by atoms with Crippen molar-refractivity contribution in [2.45, 2.75) is 24.5 Å². The summed E-state index contributed by atoms with van der Waals surface area (Å²) >= 11 is 3.38. The maximum absolute atomic E-state index is 12.4. The summed E-state index contributed by atoms with van der Waals surface area (Å²) in [5, 5.41) is 0. The van der Waals surface area contributed by atoms with Crippen LogP contribution in [0.4, 0.5) is 5.69 Å². The lowest BCUT2D eigenvalue weighted by atomic mass is 10.1. The van der Waals surface area contributed by atoms with Crippen molar-refractivity contribution in [3.8, 4) is 0 Å².